The molecule has 1 aliphatic rings. The largest absolute Gasteiger partial charge is 0.335 e. The zero-order valence-electron chi connectivity index (χ0n) is 11.0. The second kappa shape index (κ2) is 6.59. The first-order chi connectivity index (χ1) is 8.04. The van der Waals surface area contributed by atoms with E-state index in [1.165, 1.54) is 4.90 Å². The monoisotopic (exact) mass is 241 g/mol. The molecule has 5 heteroatoms. The number of likely N-dealkylation sites (N-methyl/N-ethyl adjacent to an activating group) is 1. The molecule has 0 spiro atoms. The number of nitrogens with one attached hydrogen (secondary N) is 1. The Bertz CT molecular complexity index is 281. The summed E-state index contributed by atoms with van der Waals surface area (Å²) in [5.74, 6) is 0.0903. The fourth-order valence-corrected chi connectivity index (χ4v) is 2.01. The predicted octanol–water partition coefficient (Wildman–Crippen LogP) is 0.0652. The van der Waals surface area contributed by atoms with Crippen LogP contribution in [0.4, 0.5) is 0 Å². The van der Waals surface area contributed by atoms with E-state index in [1.54, 1.807) is 11.9 Å². The van der Waals surface area contributed by atoms with Crippen molar-refractivity contribution in [1.82, 2.24) is 15.1 Å². The van der Waals surface area contributed by atoms with Crippen LogP contribution < -0.4 is 5.32 Å². The molecule has 1 fully saturated rings. The third kappa shape index (κ3) is 4.34. The van der Waals surface area contributed by atoms with E-state index in [9.17, 15) is 9.59 Å². The Labute approximate surface area is 103 Å². The average molecular weight is 241 g/mol. The van der Waals surface area contributed by atoms with E-state index in [0.29, 0.717) is 12.6 Å². The molecule has 0 aromatic rings. The molecule has 1 unspecified atom stereocenters. The van der Waals surface area contributed by atoms with Gasteiger partial charge in [-0.1, -0.05) is 6.92 Å². The highest BCUT2D eigenvalue weighted by molar-refractivity contribution is 5.92. The van der Waals surface area contributed by atoms with Gasteiger partial charge in [-0.3, -0.25) is 9.59 Å². The Morgan fingerprint density at radius 2 is 2.00 bits per heavy atom. The molecule has 0 bridgehead atoms. The van der Waals surface area contributed by atoms with Crippen LogP contribution in [0.5, 0.6) is 0 Å². The van der Waals surface area contributed by atoms with Crippen molar-refractivity contribution in [2.45, 2.75) is 32.7 Å². The molecule has 0 aliphatic carbocycles. The summed E-state index contributed by atoms with van der Waals surface area (Å²) in [5, 5.41) is 3.33. The highest BCUT2D eigenvalue weighted by Gasteiger charge is 2.26. The number of amides is 2. The van der Waals surface area contributed by atoms with Gasteiger partial charge in [0, 0.05) is 19.6 Å². The Kier molecular flexibility index (Phi) is 5.41. The molecular weight excluding hydrogens is 218 g/mol. The fraction of sp³-hybridized carbons (Fsp3) is 0.833. The van der Waals surface area contributed by atoms with Crippen molar-refractivity contribution in [3.05, 3.63) is 0 Å². The number of carbonyl (C=O) groups excluding carboxylic acids is 2. The number of hydrogen-bond donors (Lipinski definition) is 1. The molecule has 0 radical (unpaired) electrons. The molecule has 1 rings (SSSR count). The van der Waals surface area contributed by atoms with Crippen LogP contribution in [-0.4, -0.2) is 60.9 Å². The summed E-state index contributed by atoms with van der Waals surface area (Å²) in [5.41, 5.74) is 0. The van der Waals surface area contributed by atoms with Crippen LogP contribution in [0.3, 0.4) is 0 Å². The van der Waals surface area contributed by atoms with Crippen LogP contribution in [0.25, 0.3) is 0 Å². The van der Waals surface area contributed by atoms with Crippen molar-refractivity contribution in [2.24, 2.45) is 0 Å². The first-order valence-corrected chi connectivity index (χ1v) is 6.29. The number of piperazine rings is 1. The Morgan fingerprint density at radius 3 is 2.65 bits per heavy atom. The topological polar surface area (TPSA) is 52.7 Å². The van der Waals surface area contributed by atoms with E-state index < -0.39 is 0 Å². The normalized spacial score (nSPS) is 18.8. The summed E-state index contributed by atoms with van der Waals surface area (Å²) in [6, 6.07) is 0.471. The lowest BCUT2D eigenvalue weighted by molar-refractivity contribution is -0.148. The van der Waals surface area contributed by atoms with Crippen molar-refractivity contribution in [1.29, 1.82) is 0 Å². The van der Waals surface area contributed by atoms with Crippen molar-refractivity contribution >= 4 is 11.8 Å². The van der Waals surface area contributed by atoms with Crippen LogP contribution >= 0.6 is 0 Å². The van der Waals surface area contributed by atoms with E-state index in [-0.39, 0.29) is 24.9 Å². The summed E-state index contributed by atoms with van der Waals surface area (Å²) in [6.45, 7) is 6.34. The molecule has 17 heavy (non-hydrogen) atoms. The van der Waals surface area contributed by atoms with Crippen molar-refractivity contribution in [3.8, 4) is 0 Å². The number of hydrogen-bond acceptors (Lipinski definition) is 3. The molecule has 5 nitrogen and oxygen atoms in total. The summed E-state index contributed by atoms with van der Waals surface area (Å²) >= 11 is 0. The molecule has 0 aromatic carbocycles. The van der Waals surface area contributed by atoms with E-state index in [2.05, 4.69) is 19.2 Å². The molecule has 98 valence electrons. The number of carbonyl (C=O) groups is 2. The van der Waals surface area contributed by atoms with Gasteiger partial charge in [0.25, 0.3) is 0 Å². The predicted molar refractivity (Wildman–Crippen MR) is 66.6 cm³/mol. The van der Waals surface area contributed by atoms with Crippen molar-refractivity contribution < 1.29 is 9.59 Å². The SMILES string of the molecule is CCNC(C)CCCN1CC(=O)N(C)CC1=O. The molecule has 0 aromatic heterocycles. The van der Waals surface area contributed by atoms with E-state index in [1.807, 2.05) is 0 Å². The molecule has 1 aliphatic heterocycles. The second-order valence-electron chi connectivity index (χ2n) is 4.67. The second-order valence-corrected chi connectivity index (χ2v) is 4.67. The van der Waals surface area contributed by atoms with Crippen LogP contribution in [0.15, 0.2) is 0 Å². The minimum atomic E-state index is 0.0318. The smallest absolute Gasteiger partial charge is 0.242 e. The van der Waals surface area contributed by atoms with E-state index >= 15 is 0 Å². The van der Waals surface area contributed by atoms with Gasteiger partial charge in [-0.05, 0) is 26.3 Å². The van der Waals surface area contributed by atoms with Gasteiger partial charge in [0.05, 0.1) is 13.1 Å². The minimum absolute atomic E-state index is 0.0318. The quantitative estimate of drug-likeness (QED) is 0.716. The summed E-state index contributed by atoms with van der Waals surface area (Å²) in [4.78, 5) is 26.3. The van der Waals surface area contributed by atoms with Gasteiger partial charge >= 0.3 is 0 Å². The maximum absolute atomic E-state index is 11.7. The lowest BCUT2D eigenvalue weighted by Gasteiger charge is -2.31. The lowest BCUT2D eigenvalue weighted by Crippen LogP contribution is -2.52. The standard InChI is InChI=1S/C12H23N3O2/c1-4-13-10(2)6-5-7-15-9-11(16)14(3)8-12(15)17/h10,13H,4-9H2,1-3H3. The van der Waals surface area contributed by atoms with Gasteiger partial charge in [-0.15, -0.1) is 0 Å². The van der Waals surface area contributed by atoms with Gasteiger partial charge in [-0.2, -0.15) is 0 Å². The van der Waals surface area contributed by atoms with Crippen LogP contribution in [0, 0.1) is 0 Å². The van der Waals surface area contributed by atoms with Crippen LogP contribution in [0.1, 0.15) is 26.7 Å². The Morgan fingerprint density at radius 1 is 1.29 bits per heavy atom. The first kappa shape index (κ1) is 14.0. The van der Waals surface area contributed by atoms with Gasteiger partial charge in [0.15, 0.2) is 0 Å². The number of rotatable bonds is 6. The highest BCUT2D eigenvalue weighted by atomic mass is 16.2. The van der Waals surface area contributed by atoms with Crippen LogP contribution in [-0.2, 0) is 9.59 Å². The molecule has 1 N–H and O–H groups in total. The maximum atomic E-state index is 11.7. The van der Waals surface area contributed by atoms with Gasteiger partial charge < -0.3 is 15.1 Å². The molecule has 1 saturated heterocycles. The third-order valence-corrected chi connectivity index (χ3v) is 3.09. The zero-order chi connectivity index (χ0) is 12.8. The Balaban J connectivity index is 2.27. The maximum Gasteiger partial charge on any atom is 0.242 e. The molecule has 0 saturated carbocycles. The van der Waals surface area contributed by atoms with Gasteiger partial charge in [-0.25, -0.2) is 0 Å². The van der Waals surface area contributed by atoms with Crippen molar-refractivity contribution in [3.63, 3.8) is 0 Å². The molecular formula is C12H23N3O2. The minimum Gasteiger partial charge on any atom is -0.335 e. The first-order valence-electron chi connectivity index (χ1n) is 6.29. The summed E-state index contributed by atoms with van der Waals surface area (Å²) < 4.78 is 0. The lowest BCUT2D eigenvalue weighted by atomic mass is 10.1. The highest BCUT2D eigenvalue weighted by Crippen LogP contribution is 2.05. The molecule has 1 atom stereocenters. The van der Waals surface area contributed by atoms with E-state index in [0.717, 1.165) is 19.4 Å². The van der Waals surface area contributed by atoms with Crippen molar-refractivity contribution in [2.75, 3.05) is 33.2 Å². The average Bonchev–Trinajstić information content (AvgIpc) is 2.26. The van der Waals surface area contributed by atoms with E-state index in [4.69, 9.17) is 0 Å². The van der Waals surface area contributed by atoms with Crippen LogP contribution in [0.2, 0.25) is 0 Å². The fourth-order valence-electron chi connectivity index (χ4n) is 2.01. The summed E-state index contributed by atoms with van der Waals surface area (Å²) in [7, 11) is 1.67. The van der Waals surface area contributed by atoms with Gasteiger partial charge in [0.1, 0.15) is 0 Å². The molecule has 2 amide bonds. The zero-order valence-corrected chi connectivity index (χ0v) is 11.0. The van der Waals surface area contributed by atoms with Gasteiger partial charge in [0.2, 0.25) is 11.8 Å². The molecule has 1 heterocycles. The Hall–Kier alpha value is -1.10. The third-order valence-electron chi connectivity index (χ3n) is 3.09. The summed E-state index contributed by atoms with van der Waals surface area (Å²) in [6.07, 6.45) is 1.97. The number of nitrogens with zero attached hydrogens (tertiary/aromatic N) is 2.